The van der Waals surface area contributed by atoms with Crippen LogP contribution in [-0.2, 0) is 30.8 Å². The van der Waals surface area contributed by atoms with E-state index in [1.807, 2.05) is 24.3 Å². The van der Waals surface area contributed by atoms with Crippen LogP contribution in [0.2, 0.25) is 0 Å². The number of hydrogen-bond donors (Lipinski definition) is 1. The average molecular weight is 703 g/mol. The van der Waals surface area contributed by atoms with E-state index in [4.69, 9.17) is 14.2 Å². The molecule has 0 radical (unpaired) electrons. The van der Waals surface area contributed by atoms with Crippen LogP contribution in [0.15, 0.2) is 47.4 Å². The Labute approximate surface area is 296 Å². The van der Waals surface area contributed by atoms with Gasteiger partial charge in [-0.05, 0) is 97.1 Å². The SMILES string of the molecule is Cn1c(=O)n(C2=CCC(=O)NC2=O)c2cccc(N3CCC4(CCC(c5ccc(N(C(=O)OC(C)(C)C)C(=O)OC(C)(C)C)nc5)CO4)CC3)c21. The predicted octanol–water partition coefficient (Wildman–Crippen LogP) is 5.23. The minimum Gasteiger partial charge on any atom is -0.443 e. The molecular formula is C37H46N6O8. The molecule has 1 N–H and O–H groups in total. The van der Waals surface area contributed by atoms with Crippen LogP contribution in [0.25, 0.3) is 16.7 Å². The Morgan fingerprint density at radius 2 is 1.63 bits per heavy atom. The van der Waals surface area contributed by atoms with Crippen molar-refractivity contribution in [3.63, 3.8) is 0 Å². The minimum absolute atomic E-state index is 0.0290. The maximum atomic E-state index is 13.4. The number of hydrogen-bond acceptors (Lipinski definition) is 10. The number of carbonyl (C=O) groups excluding carboxylic acids is 4. The number of benzene rings is 1. The minimum atomic E-state index is -0.867. The van der Waals surface area contributed by atoms with E-state index in [1.54, 1.807) is 65.4 Å². The van der Waals surface area contributed by atoms with Crippen molar-refractivity contribution in [3.8, 4) is 0 Å². The lowest BCUT2D eigenvalue weighted by atomic mass is 9.80. The van der Waals surface area contributed by atoms with Crippen LogP contribution in [0.5, 0.6) is 0 Å². The Balaban J connectivity index is 1.12. The van der Waals surface area contributed by atoms with Crippen molar-refractivity contribution in [1.29, 1.82) is 0 Å². The van der Waals surface area contributed by atoms with Crippen molar-refractivity contribution < 1.29 is 33.4 Å². The molecule has 272 valence electrons. The maximum absolute atomic E-state index is 13.4. The summed E-state index contributed by atoms with van der Waals surface area (Å²) in [6.07, 6.45) is 4.82. The summed E-state index contributed by atoms with van der Waals surface area (Å²) < 4.78 is 20.5. The van der Waals surface area contributed by atoms with E-state index in [9.17, 15) is 24.0 Å². The number of nitrogens with zero attached hydrogens (tertiary/aromatic N) is 5. The van der Waals surface area contributed by atoms with Crippen molar-refractivity contribution in [2.24, 2.45) is 7.05 Å². The van der Waals surface area contributed by atoms with Gasteiger partial charge in [0.1, 0.15) is 22.7 Å². The smallest absolute Gasteiger partial charge is 0.425 e. The van der Waals surface area contributed by atoms with E-state index in [0.29, 0.717) is 12.1 Å². The number of ether oxygens (including phenoxy) is 3. The van der Waals surface area contributed by atoms with Gasteiger partial charge in [0, 0.05) is 38.7 Å². The van der Waals surface area contributed by atoms with E-state index in [1.165, 1.54) is 10.6 Å². The molecule has 5 heterocycles. The number of aryl methyl sites for hydroxylation is 1. The third-order valence-corrected chi connectivity index (χ3v) is 9.43. The summed E-state index contributed by atoms with van der Waals surface area (Å²) in [4.78, 5) is 71.4. The number of piperidine rings is 1. The third-order valence-electron chi connectivity index (χ3n) is 9.43. The molecule has 3 aromatic rings. The Kier molecular flexibility index (Phi) is 9.34. The van der Waals surface area contributed by atoms with Gasteiger partial charge in [-0.15, -0.1) is 0 Å². The molecule has 1 atom stereocenters. The van der Waals surface area contributed by atoms with Gasteiger partial charge in [0.15, 0.2) is 0 Å². The first kappa shape index (κ1) is 35.8. The van der Waals surface area contributed by atoms with Gasteiger partial charge in [-0.3, -0.25) is 24.0 Å². The van der Waals surface area contributed by atoms with E-state index in [-0.39, 0.29) is 35.1 Å². The van der Waals surface area contributed by atoms with Gasteiger partial charge >= 0.3 is 17.9 Å². The largest absolute Gasteiger partial charge is 0.443 e. The van der Waals surface area contributed by atoms with Crippen LogP contribution >= 0.6 is 0 Å². The molecule has 2 aromatic heterocycles. The zero-order valence-corrected chi connectivity index (χ0v) is 30.3. The highest BCUT2D eigenvalue weighted by atomic mass is 16.6. The van der Waals surface area contributed by atoms with Gasteiger partial charge in [-0.25, -0.2) is 19.4 Å². The van der Waals surface area contributed by atoms with Gasteiger partial charge < -0.3 is 19.1 Å². The number of imide groups is 2. The molecule has 4 amide bonds. The number of fused-ring (bicyclic) bond motifs is 1. The molecule has 6 rings (SSSR count). The van der Waals surface area contributed by atoms with Crippen LogP contribution in [0, 0.1) is 0 Å². The van der Waals surface area contributed by atoms with Gasteiger partial charge in [-0.1, -0.05) is 12.1 Å². The number of anilines is 2. The molecule has 0 aliphatic carbocycles. The number of rotatable bonds is 4. The molecule has 3 aliphatic heterocycles. The Bertz CT molecular complexity index is 1920. The summed E-state index contributed by atoms with van der Waals surface area (Å²) in [5.74, 6) is -0.780. The second kappa shape index (κ2) is 13.3. The van der Waals surface area contributed by atoms with E-state index in [0.717, 1.165) is 60.4 Å². The third kappa shape index (κ3) is 7.41. The second-order valence-corrected chi connectivity index (χ2v) is 15.5. The lowest BCUT2D eigenvalue weighted by molar-refractivity contribution is -0.127. The fourth-order valence-electron chi connectivity index (χ4n) is 6.93. The van der Waals surface area contributed by atoms with Crippen LogP contribution < -0.4 is 20.8 Å². The Morgan fingerprint density at radius 1 is 0.961 bits per heavy atom. The molecule has 0 saturated carbocycles. The summed E-state index contributed by atoms with van der Waals surface area (Å²) >= 11 is 0. The summed E-state index contributed by atoms with van der Waals surface area (Å²) in [7, 11) is 1.70. The topological polar surface area (TPSA) is 154 Å². The van der Waals surface area contributed by atoms with Crippen molar-refractivity contribution >= 4 is 52.2 Å². The van der Waals surface area contributed by atoms with E-state index >= 15 is 0 Å². The summed E-state index contributed by atoms with van der Waals surface area (Å²) in [6, 6.07) is 9.18. The molecule has 0 bridgehead atoms. The quantitative estimate of drug-likeness (QED) is 0.358. The monoisotopic (exact) mass is 702 g/mol. The van der Waals surface area contributed by atoms with Crippen LogP contribution in [0.3, 0.4) is 0 Å². The number of imidazole rings is 1. The van der Waals surface area contributed by atoms with E-state index < -0.39 is 35.2 Å². The second-order valence-electron chi connectivity index (χ2n) is 15.5. The Hall–Kier alpha value is -4.98. The zero-order valence-electron chi connectivity index (χ0n) is 30.3. The number of aromatic nitrogens is 3. The standard InChI is InChI=1S/C37H46N6O8/c1-35(2,3)50-33(47)43(34(48)51-36(4,5)6)28-13-11-23(21-38-28)24-15-16-37(49-22-24)17-19-41(20-18-37)25-9-8-10-26-30(25)40(7)32(46)42(26)27-12-14-29(44)39-31(27)45/h8-13,21,24H,14-20,22H2,1-7H3,(H,39,44,45). The van der Waals surface area contributed by atoms with Gasteiger partial charge in [-0.2, -0.15) is 4.90 Å². The number of nitrogens with one attached hydrogen (secondary N) is 1. The first-order valence-electron chi connectivity index (χ1n) is 17.3. The molecule has 14 nitrogen and oxygen atoms in total. The van der Waals surface area contributed by atoms with Gasteiger partial charge in [0.05, 0.1) is 28.9 Å². The first-order valence-corrected chi connectivity index (χ1v) is 17.3. The fourth-order valence-corrected chi connectivity index (χ4v) is 6.93. The van der Waals surface area contributed by atoms with Gasteiger partial charge in [0.25, 0.3) is 5.91 Å². The summed E-state index contributed by atoms with van der Waals surface area (Å²) in [5, 5.41) is 2.30. The van der Waals surface area contributed by atoms with Crippen LogP contribution in [0.4, 0.5) is 21.1 Å². The lowest BCUT2D eigenvalue weighted by Gasteiger charge is -2.46. The van der Waals surface area contributed by atoms with E-state index in [2.05, 4.69) is 15.2 Å². The summed E-state index contributed by atoms with van der Waals surface area (Å²) in [6.45, 7) is 12.3. The van der Waals surface area contributed by atoms with Crippen molar-refractivity contribution in [2.45, 2.75) is 96.4 Å². The molecule has 1 spiro atoms. The predicted molar refractivity (Wildman–Crippen MR) is 191 cm³/mol. The highest BCUT2D eigenvalue weighted by Gasteiger charge is 2.41. The molecule has 1 aromatic carbocycles. The average Bonchev–Trinajstić information content (AvgIpc) is 3.30. The fraction of sp³-hybridized carbons (Fsp3) is 0.514. The molecular weight excluding hydrogens is 656 g/mol. The number of pyridine rings is 1. The Morgan fingerprint density at radius 3 is 2.18 bits per heavy atom. The molecule has 14 heteroatoms. The van der Waals surface area contributed by atoms with Crippen molar-refractivity contribution in [3.05, 3.63) is 58.7 Å². The zero-order chi connectivity index (χ0) is 36.9. The highest BCUT2D eigenvalue weighted by Crippen LogP contribution is 2.41. The number of amides is 4. The molecule has 1 unspecified atom stereocenters. The maximum Gasteiger partial charge on any atom is 0.425 e. The molecule has 51 heavy (non-hydrogen) atoms. The van der Waals surface area contributed by atoms with Crippen molar-refractivity contribution in [2.75, 3.05) is 29.5 Å². The van der Waals surface area contributed by atoms with Crippen LogP contribution in [-0.4, -0.2) is 74.6 Å². The number of para-hydroxylation sites is 1. The highest BCUT2D eigenvalue weighted by molar-refractivity contribution is 6.22. The molecule has 2 fully saturated rings. The lowest BCUT2D eigenvalue weighted by Crippen LogP contribution is -2.49. The normalized spacial score (nSPS) is 19.5. The number of carbonyl (C=O) groups is 4. The van der Waals surface area contributed by atoms with Crippen LogP contribution in [0.1, 0.15) is 85.1 Å². The first-order chi connectivity index (χ1) is 24.0. The van der Waals surface area contributed by atoms with Crippen molar-refractivity contribution in [1.82, 2.24) is 19.4 Å². The molecule has 2 saturated heterocycles. The molecule has 3 aliphatic rings. The van der Waals surface area contributed by atoms with Gasteiger partial charge in [0.2, 0.25) is 5.91 Å². The summed E-state index contributed by atoms with van der Waals surface area (Å²) in [5.41, 5.74) is 1.06.